The average molecular weight is 546 g/mol. The van der Waals surface area contributed by atoms with Gasteiger partial charge in [0.2, 0.25) is 5.95 Å². The molecule has 0 amide bonds. The standard InChI is InChI=1S/C29H26F3N7O/c30-29(31,32)21-8-6-20(7-9-21)18-39-19-33-25-26(36-28(37-27(25)39)35-22-4-2-1-3-5-22)34-23-10-12-24(13-11-23)38-14-16-40-17-15-38/h1-13,19H,14-18H2,(H2,34,35,36,37). The van der Waals surface area contributed by atoms with Crippen LogP contribution in [0.5, 0.6) is 0 Å². The van der Waals surface area contributed by atoms with E-state index >= 15 is 0 Å². The van der Waals surface area contributed by atoms with Gasteiger partial charge in [0.1, 0.15) is 0 Å². The van der Waals surface area contributed by atoms with Gasteiger partial charge in [-0.25, -0.2) is 4.98 Å². The molecule has 0 unspecified atom stereocenters. The van der Waals surface area contributed by atoms with E-state index in [9.17, 15) is 13.2 Å². The molecule has 0 saturated carbocycles. The quantitative estimate of drug-likeness (QED) is 0.251. The number of hydrogen-bond acceptors (Lipinski definition) is 7. The van der Waals surface area contributed by atoms with E-state index in [-0.39, 0.29) is 0 Å². The molecule has 1 aliphatic rings. The smallest absolute Gasteiger partial charge is 0.378 e. The minimum atomic E-state index is -4.38. The van der Waals surface area contributed by atoms with E-state index in [1.807, 2.05) is 42.5 Å². The van der Waals surface area contributed by atoms with Crippen LogP contribution < -0.4 is 15.5 Å². The van der Waals surface area contributed by atoms with Crippen molar-refractivity contribution < 1.29 is 17.9 Å². The van der Waals surface area contributed by atoms with Crippen LogP contribution in [0, 0.1) is 0 Å². The molecule has 1 fully saturated rings. The fraction of sp³-hybridized carbons (Fsp3) is 0.207. The Morgan fingerprint density at radius 1 is 0.800 bits per heavy atom. The van der Waals surface area contributed by atoms with E-state index < -0.39 is 11.7 Å². The Balaban J connectivity index is 1.31. The highest BCUT2D eigenvalue weighted by molar-refractivity contribution is 5.87. The van der Waals surface area contributed by atoms with Crippen LogP contribution >= 0.6 is 0 Å². The number of nitrogens with zero attached hydrogens (tertiary/aromatic N) is 5. The molecule has 3 aromatic carbocycles. The summed E-state index contributed by atoms with van der Waals surface area (Å²) >= 11 is 0. The van der Waals surface area contributed by atoms with E-state index in [2.05, 4.69) is 32.7 Å². The van der Waals surface area contributed by atoms with Gasteiger partial charge in [0, 0.05) is 30.2 Å². The molecule has 0 spiro atoms. The van der Waals surface area contributed by atoms with Gasteiger partial charge in [-0.05, 0) is 54.1 Å². The van der Waals surface area contributed by atoms with E-state index in [4.69, 9.17) is 14.7 Å². The number of morpholine rings is 1. The molecule has 0 atom stereocenters. The first-order valence-corrected chi connectivity index (χ1v) is 12.8. The van der Waals surface area contributed by atoms with E-state index in [0.717, 1.165) is 42.3 Å². The number of fused-ring (bicyclic) bond motifs is 1. The summed E-state index contributed by atoms with van der Waals surface area (Å²) in [7, 11) is 0. The van der Waals surface area contributed by atoms with Gasteiger partial charge in [0.15, 0.2) is 17.0 Å². The third-order valence-electron chi connectivity index (χ3n) is 6.63. The topological polar surface area (TPSA) is 80.1 Å². The Morgan fingerprint density at radius 3 is 2.20 bits per heavy atom. The second kappa shape index (κ2) is 10.9. The summed E-state index contributed by atoms with van der Waals surface area (Å²) in [5.41, 5.74) is 3.86. The van der Waals surface area contributed by atoms with Crippen LogP contribution in [0.1, 0.15) is 11.1 Å². The van der Waals surface area contributed by atoms with Crippen LogP contribution in [0.4, 0.5) is 42.0 Å². The van der Waals surface area contributed by atoms with Gasteiger partial charge in [-0.15, -0.1) is 0 Å². The van der Waals surface area contributed by atoms with Gasteiger partial charge < -0.3 is 24.8 Å². The van der Waals surface area contributed by atoms with Crippen LogP contribution in [-0.4, -0.2) is 45.8 Å². The van der Waals surface area contributed by atoms with E-state index in [1.165, 1.54) is 12.1 Å². The Labute approximate surface area is 228 Å². The lowest BCUT2D eigenvalue weighted by molar-refractivity contribution is -0.137. The van der Waals surface area contributed by atoms with Crippen LogP contribution in [0.15, 0.2) is 85.2 Å². The van der Waals surface area contributed by atoms with Crippen molar-refractivity contribution in [3.8, 4) is 0 Å². The van der Waals surface area contributed by atoms with Gasteiger partial charge in [0.05, 0.1) is 31.6 Å². The lowest BCUT2D eigenvalue weighted by Crippen LogP contribution is -2.36. The molecule has 0 radical (unpaired) electrons. The summed E-state index contributed by atoms with van der Waals surface area (Å²) in [6, 6.07) is 22.7. The number of aromatic nitrogens is 4. The van der Waals surface area contributed by atoms with Crippen molar-refractivity contribution in [3.63, 3.8) is 0 Å². The lowest BCUT2D eigenvalue weighted by Gasteiger charge is -2.28. The molecule has 2 aromatic heterocycles. The largest absolute Gasteiger partial charge is 0.416 e. The number of ether oxygens (including phenoxy) is 1. The predicted molar refractivity (Wildman–Crippen MR) is 148 cm³/mol. The molecule has 8 nitrogen and oxygen atoms in total. The molecule has 6 rings (SSSR count). The van der Waals surface area contributed by atoms with E-state index in [1.54, 1.807) is 10.9 Å². The number of imidazole rings is 1. The molecule has 2 N–H and O–H groups in total. The molecule has 5 aromatic rings. The van der Waals surface area contributed by atoms with Gasteiger partial charge in [-0.1, -0.05) is 30.3 Å². The second-order valence-corrected chi connectivity index (χ2v) is 9.40. The average Bonchev–Trinajstić information content (AvgIpc) is 3.37. The number of para-hydroxylation sites is 1. The van der Waals surface area contributed by atoms with Gasteiger partial charge >= 0.3 is 6.18 Å². The lowest BCUT2D eigenvalue weighted by atomic mass is 10.1. The van der Waals surface area contributed by atoms with Crippen molar-refractivity contribution in [1.29, 1.82) is 0 Å². The molecule has 204 valence electrons. The second-order valence-electron chi connectivity index (χ2n) is 9.40. The zero-order chi connectivity index (χ0) is 27.5. The van der Waals surface area contributed by atoms with Crippen molar-refractivity contribution in [2.45, 2.75) is 12.7 Å². The number of alkyl halides is 3. The van der Waals surface area contributed by atoms with Crippen molar-refractivity contribution >= 4 is 40.0 Å². The normalized spacial score (nSPS) is 13.9. The maximum atomic E-state index is 13.0. The zero-order valence-corrected chi connectivity index (χ0v) is 21.4. The van der Waals surface area contributed by atoms with Crippen LogP contribution in [0.25, 0.3) is 11.2 Å². The van der Waals surface area contributed by atoms with Gasteiger partial charge in [-0.3, -0.25) is 0 Å². The third-order valence-corrected chi connectivity index (χ3v) is 6.63. The first kappa shape index (κ1) is 25.6. The molecule has 0 aliphatic carbocycles. The minimum absolute atomic E-state index is 0.296. The molecule has 11 heteroatoms. The molecule has 3 heterocycles. The molecule has 0 bridgehead atoms. The molecule has 1 aliphatic heterocycles. The summed E-state index contributed by atoms with van der Waals surface area (Å²) in [5, 5.41) is 6.60. The van der Waals surface area contributed by atoms with Crippen molar-refractivity contribution in [2.75, 3.05) is 41.8 Å². The maximum absolute atomic E-state index is 13.0. The number of nitrogens with one attached hydrogen (secondary N) is 2. The Bertz CT molecular complexity index is 1580. The molecular formula is C29H26F3N7O. The molecule has 40 heavy (non-hydrogen) atoms. The highest BCUT2D eigenvalue weighted by Crippen LogP contribution is 2.30. The fourth-order valence-electron chi connectivity index (χ4n) is 4.56. The summed E-state index contributed by atoms with van der Waals surface area (Å²) in [4.78, 5) is 16.2. The Morgan fingerprint density at radius 2 is 1.50 bits per heavy atom. The SMILES string of the molecule is FC(F)(F)c1ccc(Cn2cnc3c(Nc4ccc(N5CCOCC5)cc4)nc(Nc4ccccc4)nc32)cc1. The number of rotatable bonds is 7. The number of benzene rings is 3. The highest BCUT2D eigenvalue weighted by atomic mass is 19.4. The van der Waals surface area contributed by atoms with Crippen molar-refractivity contribution in [3.05, 3.63) is 96.3 Å². The van der Waals surface area contributed by atoms with Crippen molar-refractivity contribution in [1.82, 2.24) is 19.5 Å². The van der Waals surface area contributed by atoms with Crippen LogP contribution in [-0.2, 0) is 17.5 Å². The van der Waals surface area contributed by atoms with Crippen LogP contribution in [0.3, 0.4) is 0 Å². The molecular weight excluding hydrogens is 519 g/mol. The first-order chi connectivity index (χ1) is 19.4. The third kappa shape index (κ3) is 5.69. The predicted octanol–water partition coefficient (Wildman–Crippen LogP) is 6.22. The van der Waals surface area contributed by atoms with E-state index in [0.29, 0.717) is 48.3 Å². The number of halogens is 3. The summed E-state index contributed by atoms with van der Waals surface area (Å²) < 4.78 is 46.3. The van der Waals surface area contributed by atoms with Gasteiger partial charge in [0.25, 0.3) is 0 Å². The first-order valence-electron chi connectivity index (χ1n) is 12.8. The number of anilines is 5. The van der Waals surface area contributed by atoms with Gasteiger partial charge in [-0.2, -0.15) is 23.1 Å². The summed E-state index contributed by atoms with van der Waals surface area (Å²) in [5.74, 6) is 0.869. The number of hydrogen-bond donors (Lipinski definition) is 2. The fourth-order valence-corrected chi connectivity index (χ4v) is 4.56. The Kier molecular flexibility index (Phi) is 6.95. The highest BCUT2D eigenvalue weighted by Gasteiger charge is 2.30. The van der Waals surface area contributed by atoms with Crippen LogP contribution in [0.2, 0.25) is 0 Å². The minimum Gasteiger partial charge on any atom is -0.378 e. The Hall–Kier alpha value is -4.64. The summed E-state index contributed by atoms with van der Waals surface area (Å²) in [6.45, 7) is 3.43. The summed E-state index contributed by atoms with van der Waals surface area (Å²) in [6.07, 6.45) is -2.76. The maximum Gasteiger partial charge on any atom is 0.416 e. The van der Waals surface area contributed by atoms with Crippen molar-refractivity contribution in [2.24, 2.45) is 0 Å². The zero-order valence-electron chi connectivity index (χ0n) is 21.4. The monoisotopic (exact) mass is 545 g/mol. The molecule has 1 saturated heterocycles.